The quantitative estimate of drug-likeness (QED) is 0.789. The van der Waals surface area contributed by atoms with Gasteiger partial charge in [0.05, 0.1) is 11.4 Å². The molecule has 2 rings (SSSR count). The predicted octanol–water partition coefficient (Wildman–Crippen LogP) is 4.51. The number of halogens is 2. The Balaban J connectivity index is 2.28. The molecule has 5 heteroatoms. The van der Waals surface area contributed by atoms with Gasteiger partial charge in [0.1, 0.15) is 0 Å². The number of carbonyl (C=O) groups is 2. The van der Waals surface area contributed by atoms with Gasteiger partial charge >= 0.3 is 5.97 Å². The number of benzene rings is 2. The topological polar surface area (TPSA) is 54.4 Å². The van der Waals surface area contributed by atoms with Gasteiger partial charge in [0.2, 0.25) is 0 Å². The van der Waals surface area contributed by atoms with Crippen molar-refractivity contribution in [3.63, 3.8) is 0 Å². The fraction of sp³-hybridized carbons (Fsp3) is 0.176. The summed E-state index contributed by atoms with van der Waals surface area (Å²) >= 11 is 11.9. The molecular weight excluding hydrogens is 323 g/mol. The molecule has 1 N–H and O–H groups in total. The lowest BCUT2D eigenvalue weighted by atomic mass is 9.89. The van der Waals surface area contributed by atoms with Crippen LogP contribution in [0.1, 0.15) is 22.3 Å². The summed E-state index contributed by atoms with van der Waals surface area (Å²) in [5.41, 5.74) is 1.21. The first-order chi connectivity index (χ1) is 10.5. The van der Waals surface area contributed by atoms with Gasteiger partial charge in [-0.05, 0) is 30.2 Å². The average Bonchev–Trinajstić information content (AvgIpc) is 2.46. The summed E-state index contributed by atoms with van der Waals surface area (Å²) in [6.07, 6.45) is 0.109. The molecule has 0 fully saturated rings. The summed E-state index contributed by atoms with van der Waals surface area (Å²) in [5, 5.41) is 9.73. The first-order valence-electron chi connectivity index (χ1n) is 6.72. The molecule has 0 spiro atoms. The fourth-order valence-electron chi connectivity index (χ4n) is 2.28. The number of Topliss-reactive ketones (excluding diaryl/α,β-unsaturated/α-hetero) is 1. The SMILES string of the molecule is O=C(O)CC(Cc1ccccc1)C(=O)c1ccc(Cl)cc1Cl. The Morgan fingerprint density at radius 2 is 1.73 bits per heavy atom. The van der Waals surface area contributed by atoms with E-state index in [0.717, 1.165) is 5.56 Å². The summed E-state index contributed by atoms with van der Waals surface area (Å²) in [6.45, 7) is 0. The third-order valence-corrected chi connectivity index (χ3v) is 3.86. The van der Waals surface area contributed by atoms with Crippen LogP contribution in [0.2, 0.25) is 10.0 Å². The summed E-state index contributed by atoms with van der Waals surface area (Å²) < 4.78 is 0. The Morgan fingerprint density at radius 3 is 2.32 bits per heavy atom. The number of aliphatic carboxylic acids is 1. The zero-order valence-corrected chi connectivity index (χ0v) is 13.1. The smallest absolute Gasteiger partial charge is 0.304 e. The van der Waals surface area contributed by atoms with Gasteiger partial charge in [0.15, 0.2) is 5.78 Å². The van der Waals surface area contributed by atoms with Crippen molar-refractivity contribution in [1.82, 2.24) is 0 Å². The lowest BCUT2D eigenvalue weighted by Crippen LogP contribution is -2.21. The van der Waals surface area contributed by atoms with Gasteiger partial charge in [0.25, 0.3) is 0 Å². The van der Waals surface area contributed by atoms with Crippen molar-refractivity contribution in [2.45, 2.75) is 12.8 Å². The van der Waals surface area contributed by atoms with Crippen LogP contribution in [0.5, 0.6) is 0 Å². The molecule has 0 radical (unpaired) electrons. The maximum absolute atomic E-state index is 12.6. The molecule has 0 amide bonds. The highest BCUT2D eigenvalue weighted by atomic mass is 35.5. The highest BCUT2D eigenvalue weighted by molar-refractivity contribution is 6.36. The largest absolute Gasteiger partial charge is 0.481 e. The van der Waals surface area contributed by atoms with E-state index in [4.69, 9.17) is 28.3 Å². The molecule has 2 aromatic carbocycles. The lowest BCUT2D eigenvalue weighted by molar-refractivity contribution is -0.137. The standard InChI is InChI=1S/C17H14Cl2O3/c18-13-6-7-14(15(19)10-13)17(22)12(9-16(20)21)8-11-4-2-1-3-5-11/h1-7,10,12H,8-9H2,(H,20,21). The van der Waals surface area contributed by atoms with Crippen molar-refractivity contribution in [1.29, 1.82) is 0 Å². The van der Waals surface area contributed by atoms with Crippen LogP contribution >= 0.6 is 23.2 Å². The van der Waals surface area contributed by atoms with Crippen molar-refractivity contribution in [2.75, 3.05) is 0 Å². The molecule has 0 saturated heterocycles. The summed E-state index contributed by atoms with van der Waals surface area (Å²) in [5.74, 6) is -1.97. The van der Waals surface area contributed by atoms with Gasteiger partial charge in [-0.25, -0.2) is 0 Å². The van der Waals surface area contributed by atoms with Gasteiger partial charge < -0.3 is 5.11 Å². The number of carboxylic acid groups (broad SMARTS) is 1. The fourth-order valence-corrected chi connectivity index (χ4v) is 2.78. The van der Waals surface area contributed by atoms with Crippen LogP contribution in [0.4, 0.5) is 0 Å². The van der Waals surface area contributed by atoms with Crippen LogP contribution in [-0.4, -0.2) is 16.9 Å². The maximum atomic E-state index is 12.6. The molecule has 114 valence electrons. The molecule has 1 unspecified atom stereocenters. The summed E-state index contributed by atoms with van der Waals surface area (Å²) in [6, 6.07) is 13.9. The van der Waals surface area contributed by atoms with Crippen molar-refractivity contribution < 1.29 is 14.7 Å². The minimum Gasteiger partial charge on any atom is -0.481 e. The van der Waals surface area contributed by atoms with Gasteiger partial charge in [-0.15, -0.1) is 0 Å². The Kier molecular flexibility index (Phi) is 5.58. The molecule has 0 bridgehead atoms. The van der Waals surface area contributed by atoms with Crippen LogP contribution in [0, 0.1) is 5.92 Å². The Morgan fingerprint density at radius 1 is 1.05 bits per heavy atom. The van der Waals surface area contributed by atoms with E-state index in [1.165, 1.54) is 12.1 Å². The van der Waals surface area contributed by atoms with Gasteiger partial charge in [-0.3, -0.25) is 9.59 Å². The molecule has 0 aliphatic carbocycles. The number of rotatable bonds is 6. The van der Waals surface area contributed by atoms with Gasteiger partial charge in [-0.2, -0.15) is 0 Å². The molecular formula is C17H14Cl2O3. The number of carboxylic acids is 1. The number of hydrogen-bond donors (Lipinski definition) is 1. The van der Waals surface area contributed by atoms with E-state index < -0.39 is 11.9 Å². The second-order valence-electron chi connectivity index (χ2n) is 4.97. The van der Waals surface area contributed by atoms with Gasteiger partial charge in [0, 0.05) is 16.5 Å². The molecule has 22 heavy (non-hydrogen) atoms. The first-order valence-corrected chi connectivity index (χ1v) is 7.48. The summed E-state index contributed by atoms with van der Waals surface area (Å²) in [7, 11) is 0. The zero-order chi connectivity index (χ0) is 16.1. The normalized spacial score (nSPS) is 11.9. The van der Waals surface area contributed by atoms with Crippen LogP contribution < -0.4 is 0 Å². The third kappa shape index (κ3) is 4.33. The second kappa shape index (κ2) is 7.43. The molecule has 0 aliphatic rings. The Hall–Kier alpha value is -1.84. The third-order valence-electron chi connectivity index (χ3n) is 3.31. The molecule has 3 nitrogen and oxygen atoms in total. The molecule has 0 aromatic heterocycles. The monoisotopic (exact) mass is 336 g/mol. The average molecular weight is 337 g/mol. The number of hydrogen-bond acceptors (Lipinski definition) is 2. The highest BCUT2D eigenvalue weighted by Crippen LogP contribution is 2.26. The Labute approximate surface area is 138 Å². The minimum atomic E-state index is -1.01. The zero-order valence-electron chi connectivity index (χ0n) is 11.6. The number of ketones is 1. The number of carbonyl (C=O) groups excluding carboxylic acids is 1. The molecule has 0 heterocycles. The summed E-state index contributed by atoms with van der Waals surface area (Å²) in [4.78, 5) is 23.7. The van der Waals surface area contributed by atoms with E-state index in [0.29, 0.717) is 17.0 Å². The van der Waals surface area contributed by atoms with Crippen LogP contribution in [0.25, 0.3) is 0 Å². The Bertz CT molecular complexity index is 684. The molecule has 0 saturated carbocycles. The van der Waals surface area contributed by atoms with E-state index in [9.17, 15) is 9.59 Å². The lowest BCUT2D eigenvalue weighted by Gasteiger charge is -2.15. The van der Waals surface area contributed by atoms with Gasteiger partial charge in [-0.1, -0.05) is 53.5 Å². The van der Waals surface area contributed by atoms with E-state index in [-0.39, 0.29) is 17.2 Å². The molecule has 0 aliphatic heterocycles. The first kappa shape index (κ1) is 16.5. The van der Waals surface area contributed by atoms with Crippen molar-refractivity contribution in [2.24, 2.45) is 5.92 Å². The van der Waals surface area contributed by atoms with E-state index in [2.05, 4.69) is 0 Å². The highest BCUT2D eigenvalue weighted by Gasteiger charge is 2.25. The van der Waals surface area contributed by atoms with Crippen LogP contribution in [0.3, 0.4) is 0 Å². The van der Waals surface area contributed by atoms with Crippen molar-refractivity contribution in [3.8, 4) is 0 Å². The van der Waals surface area contributed by atoms with Crippen LogP contribution in [0.15, 0.2) is 48.5 Å². The van der Waals surface area contributed by atoms with E-state index >= 15 is 0 Å². The predicted molar refractivity (Wildman–Crippen MR) is 86.7 cm³/mol. The minimum absolute atomic E-state index is 0.237. The maximum Gasteiger partial charge on any atom is 0.304 e. The van der Waals surface area contributed by atoms with Crippen molar-refractivity contribution in [3.05, 3.63) is 69.7 Å². The van der Waals surface area contributed by atoms with Crippen LogP contribution in [-0.2, 0) is 11.2 Å². The molecule has 1 atom stereocenters. The second-order valence-corrected chi connectivity index (χ2v) is 5.82. The molecule has 2 aromatic rings. The van der Waals surface area contributed by atoms with Crippen molar-refractivity contribution >= 4 is 35.0 Å². The van der Waals surface area contributed by atoms with E-state index in [1.54, 1.807) is 6.07 Å². The van der Waals surface area contributed by atoms with E-state index in [1.807, 2.05) is 30.3 Å².